The van der Waals surface area contributed by atoms with Gasteiger partial charge in [0.15, 0.2) is 0 Å². The molecule has 0 aliphatic rings. The predicted molar refractivity (Wildman–Crippen MR) is 99.3 cm³/mol. The van der Waals surface area contributed by atoms with Crippen molar-refractivity contribution in [2.75, 3.05) is 6.61 Å². The standard InChI is InChI=1S/C19H21BrN2O2/c1-3-4-5-6-9-24-18-8-7-14(20)11-16(18)15-10-13(2)22-19(23)17(15)12-21/h7-8,10-11H,3-6,9H2,1-2H3,(H,22,23). The molecule has 0 aliphatic carbocycles. The van der Waals surface area contributed by atoms with Crippen LogP contribution in [0.2, 0.25) is 0 Å². The van der Waals surface area contributed by atoms with Crippen molar-refractivity contribution in [1.29, 1.82) is 5.26 Å². The molecule has 0 atom stereocenters. The fourth-order valence-corrected chi connectivity index (χ4v) is 2.92. The van der Waals surface area contributed by atoms with Crippen LogP contribution in [-0.2, 0) is 0 Å². The predicted octanol–water partition coefficient (Wildman–Crippen LogP) is 4.94. The molecule has 126 valence electrons. The Morgan fingerprint density at radius 1 is 1.21 bits per heavy atom. The zero-order valence-electron chi connectivity index (χ0n) is 14.0. The lowest BCUT2D eigenvalue weighted by Gasteiger charge is -2.13. The zero-order valence-corrected chi connectivity index (χ0v) is 15.6. The van der Waals surface area contributed by atoms with Crippen LogP contribution in [0.15, 0.2) is 33.5 Å². The molecule has 24 heavy (non-hydrogen) atoms. The Hall–Kier alpha value is -2.06. The summed E-state index contributed by atoms with van der Waals surface area (Å²) in [7, 11) is 0. The van der Waals surface area contributed by atoms with Gasteiger partial charge in [0.1, 0.15) is 17.4 Å². The average molecular weight is 389 g/mol. The topological polar surface area (TPSA) is 65.9 Å². The summed E-state index contributed by atoms with van der Waals surface area (Å²) in [6.45, 7) is 4.60. The molecule has 0 aliphatic heterocycles. The summed E-state index contributed by atoms with van der Waals surface area (Å²) in [5.41, 5.74) is 1.80. The highest BCUT2D eigenvalue weighted by Crippen LogP contribution is 2.34. The Balaban J connectivity index is 2.38. The van der Waals surface area contributed by atoms with Gasteiger partial charge in [-0.2, -0.15) is 5.26 Å². The summed E-state index contributed by atoms with van der Waals surface area (Å²) in [4.78, 5) is 14.7. The van der Waals surface area contributed by atoms with Crippen LogP contribution in [0.5, 0.6) is 5.75 Å². The first-order valence-corrected chi connectivity index (χ1v) is 8.93. The number of nitriles is 1. The Morgan fingerprint density at radius 3 is 2.71 bits per heavy atom. The molecular weight excluding hydrogens is 368 g/mol. The van der Waals surface area contributed by atoms with E-state index in [1.54, 1.807) is 6.92 Å². The minimum Gasteiger partial charge on any atom is -0.493 e. The number of ether oxygens (including phenoxy) is 1. The van der Waals surface area contributed by atoms with Gasteiger partial charge in [0.05, 0.1) is 6.61 Å². The second kappa shape index (κ2) is 8.70. The number of halogens is 1. The smallest absolute Gasteiger partial charge is 0.266 e. The fraction of sp³-hybridized carbons (Fsp3) is 0.368. The van der Waals surface area contributed by atoms with Gasteiger partial charge in [0, 0.05) is 21.3 Å². The molecule has 0 bridgehead atoms. The Labute approximate surface area is 150 Å². The summed E-state index contributed by atoms with van der Waals surface area (Å²) in [5.74, 6) is 0.691. The van der Waals surface area contributed by atoms with Crippen molar-refractivity contribution in [2.24, 2.45) is 0 Å². The summed E-state index contributed by atoms with van der Waals surface area (Å²) < 4.78 is 6.80. The van der Waals surface area contributed by atoms with E-state index in [1.165, 1.54) is 12.8 Å². The minimum absolute atomic E-state index is 0.106. The van der Waals surface area contributed by atoms with E-state index in [4.69, 9.17) is 4.74 Å². The molecule has 0 radical (unpaired) electrons. The Morgan fingerprint density at radius 2 is 2.00 bits per heavy atom. The van der Waals surface area contributed by atoms with Crippen LogP contribution in [0, 0.1) is 18.3 Å². The number of hydrogen-bond acceptors (Lipinski definition) is 3. The quantitative estimate of drug-likeness (QED) is 0.682. The van der Waals surface area contributed by atoms with Gasteiger partial charge in [0.2, 0.25) is 0 Å². The molecular formula is C19H21BrN2O2. The van der Waals surface area contributed by atoms with E-state index in [0.717, 1.165) is 22.9 Å². The highest BCUT2D eigenvalue weighted by molar-refractivity contribution is 9.10. The monoisotopic (exact) mass is 388 g/mol. The van der Waals surface area contributed by atoms with Gasteiger partial charge in [-0.25, -0.2) is 0 Å². The van der Waals surface area contributed by atoms with E-state index < -0.39 is 0 Å². The second-order valence-corrected chi connectivity index (χ2v) is 6.65. The summed E-state index contributed by atoms with van der Waals surface area (Å²) in [5, 5.41) is 9.36. The van der Waals surface area contributed by atoms with Crippen molar-refractivity contribution in [3.05, 3.63) is 50.3 Å². The Kier molecular flexibility index (Phi) is 6.62. The van der Waals surface area contributed by atoms with Crippen molar-refractivity contribution in [1.82, 2.24) is 4.98 Å². The Bertz CT molecular complexity index is 806. The third-order valence-corrected chi connectivity index (χ3v) is 4.26. The molecule has 1 N–H and O–H groups in total. The van der Waals surface area contributed by atoms with Gasteiger partial charge >= 0.3 is 0 Å². The normalized spacial score (nSPS) is 10.4. The molecule has 1 heterocycles. The van der Waals surface area contributed by atoms with Crippen molar-refractivity contribution in [3.8, 4) is 22.9 Å². The molecule has 4 nitrogen and oxygen atoms in total. The van der Waals surface area contributed by atoms with Crippen LogP contribution in [0.3, 0.4) is 0 Å². The molecule has 0 unspecified atom stereocenters. The van der Waals surface area contributed by atoms with Crippen LogP contribution in [0.1, 0.15) is 43.9 Å². The van der Waals surface area contributed by atoms with Crippen molar-refractivity contribution >= 4 is 15.9 Å². The third kappa shape index (κ3) is 4.48. The molecule has 2 aromatic rings. The van der Waals surface area contributed by atoms with Crippen LogP contribution < -0.4 is 10.3 Å². The molecule has 0 spiro atoms. The van der Waals surface area contributed by atoms with Crippen LogP contribution in [0.25, 0.3) is 11.1 Å². The zero-order chi connectivity index (χ0) is 17.5. The van der Waals surface area contributed by atoms with E-state index in [2.05, 4.69) is 27.8 Å². The first kappa shape index (κ1) is 18.3. The molecule has 0 amide bonds. The first-order chi connectivity index (χ1) is 11.6. The second-order valence-electron chi connectivity index (χ2n) is 5.73. The SMILES string of the molecule is CCCCCCOc1ccc(Br)cc1-c1cc(C)[nH]c(=O)c1C#N. The van der Waals surface area contributed by atoms with Gasteiger partial charge in [-0.3, -0.25) is 4.79 Å². The number of hydrogen-bond donors (Lipinski definition) is 1. The van der Waals surface area contributed by atoms with Gasteiger partial charge in [0.25, 0.3) is 5.56 Å². The largest absolute Gasteiger partial charge is 0.493 e. The lowest BCUT2D eigenvalue weighted by Crippen LogP contribution is -2.13. The molecule has 0 saturated carbocycles. The number of H-pyrrole nitrogens is 1. The number of rotatable bonds is 7. The van der Waals surface area contributed by atoms with Crippen molar-refractivity contribution < 1.29 is 4.74 Å². The molecule has 2 rings (SSSR count). The van der Waals surface area contributed by atoms with Gasteiger partial charge in [-0.15, -0.1) is 0 Å². The number of nitrogens with zero attached hydrogens (tertiary/aromatic N) is 1. The molecule has 1 aromatic heterocycles. The van der Waals surface area contributed by atoms with E-state index in [0.29, 0.717) is 23.6 Å². The number of benzene rings is 1. The maximum absolute atomic E-state index is 12.1. The number of unbranched alkanes of at least 4 members (excludes halogenated alkanes) is 3. The van der Waals surface area contributed by atoms with Crippen molar-refractivity contribution in [2.45, 2.75) is 39.5 Å². The number of aromatic amines is 1. The lowest BCUT2D eigenvalue weighted by atomic mass is 10.00. The minimum atomic E-state index is -0.374. The van der Waals surface area contributed by atoms with Crippen molar-refractivity contribution in [3.63, 3.8) is 0 Å². The molecule has 1 aromatic carbocycles. The number of nitrogens with one attached hydrogen (secondary N) is 1. The first-order valence-electron chi connectivity index (χ1n) is 8.13. The summed E-state index contributed by atoms with van der Waals surface area (Å²) in [6, 6.07) is 9.47. The highest BCUT2D eigenvalue weighted by Gasteiger charge is 2.15. The maximum atomic E-state index is 12.1. The molecule has 0 saturated heterocycles. The maximum Gasteiger partial charge on any atom is 0.266 e. The van der Waals surface area contributed by atoms with Gasteiger partial charge in [-0.05, 0) is 37.6 Å². The third-order valence-electron chi connectivity index (χ3n) is 3.77. The highest BCUT2D eigenvalue weighted by atomic mass is 79.9. The average Bonchev–Trinajstić information content (AvgIpc) is 2.55. The number of aryl methyl sites for hydroxylation is 1. The van der Waals surface area contributed by atoms with E-state index in [1.807, 2.05) is 30.3 Å². The van der Waals surface area contributed by atoms with Gasteiger partial charge < -0.3 is 9.72 Å². The van der Waals surface area contributed by atoms with Crippen LogP contribution >= 0.6 is 15.9 Å². The van der Waals surface area contributed by atoms with E-state index in [9.17, 15) is 10.1 Å². The van der Waals surface area contributed by atoms with E-state index >= 15 is 0 Å². The number of pyridine rings is 1. The molecule has 5 heteroatoms. The van der Waals surface area contributed by atoms with Gasteiger partial charge in [-0.1, -0.05) is 42.1 Å². The lowest BCUT2D eigenvalue weighted by molar-refractivity contribution is 0.306. The molecule has 0 fully saturated rings. The summed E-state index contributed by atoms with van der Waals surface area (Å²) >= 11 is 3.46. The van der Waals surface area contributed by atoms with Crippen LogP contribution in [0.4, 0.5) is 0 Å². The van der Waals surface area contributed by atoms with E-state index in [-0.39, 0.29) is 11.1 Å². The summed E-state index contributed by atoms with van der Waals surface area (Å²) in [6.07, 6.45) is 4.50. The fourth-order valence-electron chi connectivity index (χ4n) is 2.56. The van der Waals surface area contributed by atoms with Crippen LogP contribution in [-0.4, -0.2) is 11.6 Å². The number of aromatic nitrogens is 1.